The molecule has 0 saturated carbocycles. The third-order valence-electron chi connectivity index (χ3n) is 6.01. The monoisotopic (exact) mass is 503 g/mol. The second kappa shape index (κ2) is 9.39. The number of amides is 2. The van der Waals surface area contributed by atoms with Crippen molar-refractivity contribution in [2.75, 3.05) is 0 Å². The van der Waals surface area contributed by atoms with E-state index in [-0.39, 0.29) is 23.4 Å². The maximum Gasteiger partial charge on any atom is 0.327 e. The molecule has 9 heteroatoms. The molecule has 1 N–H and O–H groups in total. The van der Waals surface area contributed by atoms with Crippen LogP contribution in [0.4, 0.5) is 4.39 Å². The average molecular weight is 504 g/mol. The van der Waals surface area contributed by atoms with Gasteiger partial charge in [-0.25, -0.2) is 9.07 Å². The van der Waals surface area contributed by atoms with E-state index in [4.69, 9.17) is 11.6 Å². The minimum absolute atomic E-state index is 0.0113. The van der Waals surface area contributed by atoms with E-state index in [1.54, 1.807) is 54.9 Å². The number of pyridine rings is 1. The van der Waals surface area contributed by atoms with Crippen molar-refractivity contribution in [1.82, 2.24) is 14.7 Å². The van der Waals surface area contributed by atoms with Crippen LogP contribution in [-0.2, 0) is 22.6 Å². The average Bonchev–Trinajstić information content (AvgIpc) is 3.33. The fourth-order valence-corrected chi connectivity index (χ4v) is 4.47. The smallest absolute Gasteiger partial charge is 0.294 e. The lowest BCUT2D eigenvalue weighted by atomic mass is 10.0. The zero-order valence-corrected chi connectivity index (χ0v) is 20.0. The van der Waals surface area contributed by atoms with E-state index < -0.39 is 23.2 Å². The Morgan fingerprint density at radius 1 is 0.944 bits per heavy atom. The van der Waals surface area contributed by atoms with Crippen molar-refractivity contribution in [1.29, 1.82) is 0 Å². The highest BCUT2D eigenvalue weighted by Gasteiger charge is 2.47. The molecule has 4 aromatic rings. The fourth-order valence-electron chi connectivity index (χ4n) is 4.29. The number of aromatic nitrogens is 3. The molecule has 36 heavy (non-hydrogen) atoms. The molecule has 0 radical (unpaired) electrons. The number of nitrogens with zero attached hydrogens (tertiary/aromatic N) is 3. The molecule has 180 valence electrons. The number of hydrogen-bond acceptors (Lipinski definition) is 3. The van der Waals surface area contributed by atoms with E-state index in [2.05, 4.69) is 5.10 Å². The van der Waals surface area contributed by atoms with Crippen LogP contribution in [0.1, 0.15) is 23.7 Å². The van der Waals surface area contributed by atoms with E-state index in [9.17, 15) is 18.8 Å². The lowest BCUT2D eigenvalue weighted by Crippen LogP contribution is -2.39. The number of rotatable bonds is 6. The Kier molecular flexibility index (Phi) is 6.12. The van der Waals surface area contributed by atoms with Gasteiger partial charge in [-0.3, -0.25) is 24.4 Å². The predicted molar refractivity (Wildman–Crippen MR) is 132 cm³/mol. The Morgan fingerprint density at radius 3 is 2.33 bits per heavy atom. The zero-order chi connectivity index (χ0) is 25.4. The van der Waals surface area contributed by atoms with Gasteiger partial charge in [-0.05, 0) is 42.3 Å². The highest BCUT2D eigenvalue weighted by Crippen LogP contribution is 2.31. The first-order valence-corrected chi connectivity index (χ1v) is 11.7. The maximum absolute atomic E-state index is 13.8. The molecule has 0 saturated heterocycles. The second-order valence-electron chi connectivity index (χ2n) is 8.27. The highest BCUT2D eigenvalue weighted by molar-refractivity contribution is 6.44. The molecule has 2 amide bonds. The number of aryl methyl sites for hydroxylation is 1. The Bertz CT molecular complexity index is 1570. The number of nitrogens with one attached hydrogen (secondary N) is 1. The zero-order valence-electron chi connectivity index (χ0n) is 19.2. The molecule has 0 aliphatic carbocycles. The SMILES string of the molecule is CCc1[nH]n(-c2cccc(Cl)c2)c(=O)c1C1=C([n+]2ccccc2)C(=O)N(Cc2ccc(F)cc2)C1=O. The quantitative estimate of drug-likeness (QED) is 0.321. The van der Waals surface area contributed by atoms with Gasteiger partial charge < -0.3 is 0 Å². The van der Waals surface area contributed by atoms with Crippen LogP contribution in [0.2, 0.25) is 5.02 Å². The van der Waals surface area contributed by atoms with Crippen LogP contribution in [-0.4, -0.2) is 26.5 Å². The summed E-state index contributed by atoms with van der Waals surface area (Å²) in [6.45, 7) is 1.79. The van der Waals surface area contributed by atoms with Crippen molar-refractivity contribution < 1.29 is 18.5 Å². The Morgan fingerprint density at radius 2 is 1.67 bits per heavy atom. The summed E-state index contributed by atoms with van der Waals surface area (Å²) in [5.74, 6) is -1.56. The summed E-state index contributed by atoms with van der Waals surface area (Å²) in [5.41, 5.74) is 1.34. The molecule has 0 bridgehead atoms. The van der Waals surface area contributed by atoms with Gasteiger partial charge in [0, 0.05) is 22.8 Å². The molecule has 2 aromatic carbocycles. The Balaban J connectivity index is 1.69. The van der Waals surface area contributed by atoms with Gasteiger partial charge in [0.2, 0.25) is 0 Å². The van der Waals surface area contributed by atoms with E-state index in [1.165, 1.54) is 33.5 Å². The van der Waals surface area contributed by atoms with Gasteiger partial charge in [0.15, 0.2) is 12.4 Å². The first-order chi connectivity index (χ1) is 17.4. The third kappa shape index (κ3) is 4.05. The molecule has 5 rings (SSSR count). The van der Waals surface area contributed by atoms with E-state index >= 15 is 0 Å². The van der Waals surface area contributed by atoms with Crippen LogP contribution in [0.25, 0.3) is 17.0 Å². The van der Waals surface area contributed by atoms with Crippen molar-refractivity contribution in [2.24, 2.45) is 0 Å². The minimum Gasteiger partial charge on any atom is -0.294 e. The molecule has 7 nitrogen and oxygen atoms in total. The van der Waals surface area contributed by atoms with Crippen LogP contribution < -0.4 is 10.1 Å². The van der Waals surface area contributed by atoms with Gasteiger partial charge in [0.05, 0.1) is 17.8 Å². The maximum atomic E-state index is 13.8. The standard InChI is InChI=1S/C27H20ClFN4O3/c1-2-21-22(26(35)33(30-21)20-8-6-7-18(28)15-20)23-24(31-13-4-3-5-14-31)27(36)32(25(23)34)16-17-9-11-19(29)12-10-17/h3-15H,2,16H2,1H3/p+1. The summed E-state index contributed by atoms with van der Waals surface area (Å²) in [6, 6.07) is 17.6. The largest absolute Gasteiger partial charge is 0.327 e. The van der Waals surface area contributed by atoms with E-state index in [1.807, 2.05) is 6.92 Å². The number of carbonyl (C=O) groups is 2. The van der Waals surface area contributed by atoms with Gasteiger partial charge in [0.25, 0.3) is 17.2 Å². The van der Waals surface area contributed by atoms with Crippen LogP contribution >= 0.6 is 11.6 Å². The van der Waals surface area contributed by atoms with Crippen molar-refractivity contribution in [3.05, 3.63) is 117 Å². The second-order valence-corrected chi connectivity index (χ2v) is 8.71. The summed E-state index contributed by atoms with van der Waals surface area (Å²) in [4.78, 5) is 42.2. The molecule has 1 aliphatic rings. The molecule has 0 fully saturated rings. The number of hydrogen-bond donors (Lipinski definition) is 1. The molecule has 0 spiro atoms. The van der Waals surface area contributed by atoms with Crippen LogP contribution in [0.3, 0.4) is 0 Å². The summed E-state index contributed by atoms with van der Waals surface area (Å²) >= 11 is 6.14. The van der Waals surface area contributed by atoms with Crippen molar-refractivity contribution in [2.45, 2.75) is 19.9 Å². The molecular weight excluding hydrogens is 483 g/mol. The lowest BCUT2D eigenvalue weighted by molar-refractivity contribution is -0.576. The van der Waals surface area contributed by atoms with Crippen LogP contribution in [0.15, 0.2) is 83.9 Å². The Labute approximate surface area is 210 Å². The molecule has 1 aliphatic heterocycles. The van der Waals surface area contributed by atoms with Crippen molar-refractivity contribution in [3.63, 3.8) is 0 Å². The van der Waals surface area contributed by atoms with Crippen molar-refractivity contribution in [3.8, 4) is 5.69 Å². The van der Waals surface area contributed by atoms with E-state index in [0.29, 0.717) is 28.4 Å². The summed E-state index contributed by atoms with van der Waals surface area (Å²) in [7, 11) is 0. The normalized spacial score (nSPS) is 13.7. The number of carbonyl (C=O) groups excluding carboxylic acids is 2. The molecule has 0 atom stereocenters. The van der Waals surface area contributed by atoms with E-state index in [0.717, 1.165) is 4.90 Å². The van der Waals surface area contributed by atoms with Crippen molar-refractivity contribution >= 4 is 34.7 Å². The van der Waals surface area contributed by atoms with Gasteiger partial charge >= 0.3 is 5.91 Å². The first kappa shape index (κ1) is 23.4. The predicted octanol–water partition coefficient (Wildman–Crippen LogP) is 3.75. The number of imide groups is 1. The summed E-state index contributed by atoms with van der Waals surface area (Å²) in [5, 5.41) is 3.53. The van der Waals surface area contributed by atoms with Crippen LogP contribution in [0.5, 0.6) is 0 Å². The topological polar surface area (TPSA) is 79.1 Å². The van der Waals surface area contributed by atoms with Crippen LogP contribution in [0, 0.1) is 5.82 Å². The number of H-pyrrole nitrogens is 1. The highest BCUT2D eigenvalue weighted by atomic mass is 35.5. The summed E-state index contributed by atoms with van der Waals surface area (Å²) < 4.78 is 16.3. The lowest BCUT2D eigenvalue weighted by Gasteiger charge is -2.14. The fraction of sp³-hybridized carbons (Fsp3) is 0.111. The number of halogens is 2. The first-order valence-electron chi connectivity index (χ1n) is 11.3. The minimum atomic E-state index is -0.597. The number of aromatic amines is 1. The third-order valence-corrected chi connectivity index (χ3v) is 6.24. The van der Waals surface area contributed by atoms with Gasteiger partial charge in [-0.15, -0.1) is 0 Å². The number of benzene rings is 2. The van der Waals surface area contributed by atoms with Gasteiger partial charge in [-0.2, -0.15) is 4.57 Å². The molecule has 3 heterocycles. The Hall–Kier alpha value is -4.30. The summed E-state index contributed by atoms with van der Waals surface area (Å²) in [6.07, 6.45) is 3.71. The van der Waals surface area contributed by atoms with Gasteiger partial charge in [0.1, 0.15) is 11.4 Å². The molecule has 2 aromatic heterocycles. The molecule has 0 unspecified atom stereocenters. The molecular formula is C27H21ClFN4O3+. The van der Waals surface area contributed by atoms with Gasteiger partial charge in [-0.1, -0.05) is 42.8 Å².